The molecule has 6 nitrogen and oxygen atoms in total. The van der Waals surface area contributed by atoms with E-state index in [2.05, 4.69) is 41.6 Å². The van der Waals surface area contributed by atoms with Crippen LogP contribution in [0.1, 0.15) is 32.3 Å². The van der Waals surface area contributed by atoms with Crippen molar-refractivity contribution in [1.82, 2.24) is 15.5 Å². The highest BCUT2D eigenvalue weighted by Crippen LogP contribution is 2.14. The lowest BCUT2D eigenvalue weighted by molar-refractivity contribution is -0.127. The molecule has 0 saturated heterocycles. The minimum Gasteiger partial charge on any atom is -0.497 e. The van der Waals surface area contributed by atoms with E-state index in [1.165, 1.54) is 5.56 Å². The van der Waals surface area contributed by atoms with Gasteiger partial charge in [0.15, 0.2) is 5.96 Å². The fraction of sp³-hybridized carbons (Fsp3) is 0.600. The topological polar surface area (TPSA) is 66.0 Å². The van der Waals surface area contributed by atoms with Crippen LogP contribution in [-0.4, -0.2) is 57.6 Å². The molecule has 0 aliphatic carbocycles. The molecule has 1 rings (SSSR count). The molecule has 1 amide bonds. The van der Waals surface area contributed by atoms with E-state index in [1.807, 2.05) is 12.1 Å². The van der Waals surface area contributed by atoms with Crippen molar-refractivity contribution in [3.8, 4) is 5.75 Å². The summed E-state index contributed by atoms with van der Waals surface area (Å²) in [5.74, 6) is 2.01. The van der Waals surface area contributed by atoms with Crippen LogP contribution in [-0.2, 0) is 11.2 Å². The maximum Gasteiger partial charge on any atom is 0.243 e. The Labute approximate surface area is 158 Å². The first-order valence-corrected chi connectivity index (χ1v) is 9.31. The van der Waals surface area contributed by atoms with Crippen LogP contribution in [0.15, 0.2) is 29.3 Å². The Bertz CT molecular complexity index is 555. The second kappa shape index (κ2) is 12.2. The normalized spacial score (nSPS) is 12.4. The third-order valence-corrected chi connectivity index (χ3v) is 4.06. The molecule has 0 bridgehead atoms. The Kier molecular flexibility index (Phi) is 10.2. The number of guanidine groups is 1. The number of aliphatic imine (C=N–C) groups is 1. The van der Waals surface area contributed by atoms with E-state index in [1.54, 1.807) is 26.1 Å². The van der Waals surface area contributed by atoms with Crippen LogP contribution in [0.2, 0.25) is 0 Å². The molecule has 6 heteroatoms. The van der Waals surface area contributed by atoms with Gasteiger partial charge in [0.2, 0.25) is 5.91 Å². The number of benzene rings is 1. The number of methoxy groups -OCH3 is 1. The molecule has 0 radical (unpaired) electrons. The number of nitrogens with zero attached hydrogens (tertiary/aromatic N) is 2. The Balaban J connectivity index is 2.53. The molecule has 0 spiro atoms. The highest BCUT2D eigenvalue weighted by Gasteiger charge is 2.08. The predicted octanol–water partition coefficient (Wildman–Crippen LogP) is 2.30. The zero-order valence-corrected chi connectivity index (χ0v) is 16.8. The van der Waals surface area contributed by atoms with Gasteiger partial charge >= 0.3 is 0 Å². The average molecular weight is 363 g/mol. The lowest BCUT2D eigenvalue weighted by Gasteiger charge is -2.17. The summed E-state index contributed by atoms with van der Waals surface area (Å²) in [6, 6.07) is 8.17. The number of hydrogen-bond donors (Lipinski definition) is 2. The van der Waals surface area contributed by atoms with Crippen LogP contribution in [0.5, 0.6) is 5.75 Å². The summed E-state index contributed by atoms with van der Waals surface area (Å²) in [6.45, 7) is 6.15. The van der Waals surface area contributed by atoms with Gasteiger partial charge in [0.25, 0.3) is 0 Å². The van der Waals surface area contributed by atoms with Crippen LogP contribution in [0, 0.1) is 5.92 Å². The molecule has 1 aromatic carbocycles. The summed E-state index contributed by atoms with van der Waals surface area (Å²) < 4.78 is 5.20. The lowest BCUT2D eigenvalue weighted by atomic mass is 10.0. The van der Waals surface area contributed by atoms with Gasteiger partial charge in [0.05, 0.1) is 7.11 Å². The third-order valence-electron chi connectivity index (χ3n) is 4.06. The Morgan fingerprint density at radius 1 is 1.23 bits per heavy atom. The third kappa shape index (κ3) is 8.74. The first kappa shape index (κ1) is 21.8. The minimum absolute atomic E-state index is 0.00660. The number of unbranched alkanes of at least 4 members (excludes halogenated alkanes) is 1. The highest BCUT2D eigenvalue weighted by atomic mass is 16.5. The SMILES string of the molecule is CCCCNC(=NCC(=O)N(C)C)NCC(C)Cc1ccc(OC)cc1. The van der Waals surface area contributed by atoms with Gasteiger partial charge in [-0.3, -0.25) is 4.79 Å². The van der Waals surface area contributed by atoms with E-state index in [4.69, 9.17) is 4.74 Å². The first-order chi connectivity index (χ1) is 12.5. The van der Waals surface area contributed by atoms with E-state index < -0.39 is 0 Å². The number of carbonyl (C=O) groups excluding carboxylic acids is 1. The summed E-state index contributed by atoms with van der Waals surface area (Å²) >= 11 is 0. The van der Waals surface area contributed by atoms with Gasteiger partial charge in [-0.05, 0) is 36.5 Å². The Morgan fingerprint density at radius 3 is 2.50 bits per heavy atom. The van der Waals surface area contributed by atoms with Crippen molar-refractivity contribution >= 4 is 11.9 Å². The smallest absolute Gasteiger partial charge is 0.243 e. The summed E-state index contributed by atoms with van der Waals surface area (Å²) in [4.78, 5) is 17.7. The number of rotatable bonds is 10. The zero-order chi connectivity index (χ0) is 19.4. The van der Waals surface area contributed by atoms with Gasteiger partial charge in [0.1, 0.15) is 12.3 Å². The average Bonchev–Trinajstić information content (AvgIpc) is 2.63. The van der Waals surface area contributed by atoms with Gasteiger partial charge in [-0.15, -0.1) is 0 Å². The molecule has 2 N–H and O–H groups in total. The Hall–Kier alpha value is -2.24. The molecule has 0 heterocycles. The van der Waals surface area contributed by atoms with Crippen molar-refractivity contribution in [1.29, 1.82) is 0 Å². The van der Waals surface area contributed by atoms with Gasteiger partial charge in [0, 0.05) is 27.2 Å². The number of likely N-dealkylation sites (N-methyl/N-ethyl adjacent to an activating group) is 1. The molecule has 1 aromatic rings. The number of hydrogen-bond acceptors (Lipinski definition) is 3. The fourth-order valence-electron chi connectivity index (χ4n) is 2.35. The van der Waals surface area contributed by atoms with Crippen molar-refractivity contribution in [3.05, 3.63) is 29.8 Å². The van der Waals surface area contributed by atoms with Gasteiger partial charge in [-0.1, -0.05) is 32.4 Å². The number of carbonyl (C=O) groups is 1. The van der Waals surface area contributed by atoms with Crippen molar-refractivity contribution in [2.75, 3.05) is 40.8 Å². The summed E-state index contributed by atoms with van der Waals surface area (Å²) in [5.41, 5.74) is 1.28. The van der Waals surface area contributed by atoms with E-state index >= 15 is 0 Å². The van der Waals surface area contributed by atoms with Gasteiger partial charge < -0.3 is 20.3 Å². The molecule has 1 unspecified atom stereocenters. The number of ether oxygens (including phenoxy) is 1. The lowest BCUT2D eigenvalue weighted by Crippen LogP contribution is -2.41. The molecule has 0 aromatic heterocycles. The Morgan fingerprint density at radius 2 is 1.92 bits per heavy atom. The largest absolute Gasteiger partial charge is 0.497 e. The quantitative estimate of drug-likeness (QED) is 0.381. The molecule has 0 fully saturated rings. The predicted molar refractivity (Wildman–Crippen MR) is 108 cm³/mol. The second-order valence-electron chi connectivity index (χ2n) is 6.77. The van der Waals surface area contributed by atoms with Crippen LogP contribution in [0.4, 0.5) is 0 Å². The first-order valence-electron chi connectivity index (χ1n) is 9.31. The molecule has 26 heavy (non-hydrogen) atoms. The standard InChI is InChI=1S/C20H34N4O2/c1-6-7-12-21-20(23-15-19(25)24(3)4)22-14-16(2)13-17-8-10-18(26-5)11-9-17/h8-11,16H,6-7,12-15H2,1-5H3,(H2,21,22,23). The summed E-state index contributed by atoms with van der Waals surface area (Å²) in [6.07, 6.45) is 3.16. The van der Waals surface area contributed by atoms with E-state index in [9.17, 15) is 4.79 Å². The molecule has 0 saturated carbocycles. The zero-order valence-electron chi connectivity index (χ0n) is 16.8. The maximum absolute atomic E-state index is 11.8. The van der Waals surface area contributed by atoms with Gasteiger partial charge in [-0.25, -0.2) is 4.99 Å². The second-order valence-corrected chi connectivity index (χ2v) is 6.77. The van der Waals surface area contributed by atoms with E-state index in [0.717, 1.165) is 38.1 Å². The van der Waals surface area contributed by atoms with Crippen LogP contribution in [0.25, 0.3) is 0 Å². The highest BCUT2D eigenvalue weighted by molar-refractivity contribution is 5.84. The maximum atomic E-state index is 11.8. The van der Waals surface area contributed by atoms with Crippen LogP contribution >= 0.6 is 0 Å². The van der Waals surface area contributed by atoms with E-state index in [0.29, 0.717) is 11.9 Å². The van der Waals surface area contributed by atoms with E-state index in [-0.39, 0.29) is 12.5 Å². The number of nitrogens with one attached hydrogen (secondary N) is 2. The monoisotopic (exact) mass is 362 g/mol. The molecule has 0 aliphatic heterocycles. The van der Waals surface area contributed by atoms with Crippen molar-refractivity contribution in [3.63, 3.8) is 0 Å². The summed E-state index contributed by atoms with van der Waals surface area (Å²) in [7, 11) is 5.16. The van der Waals surface area contributed by atoms with Crippen molar-refractivity contribution in [2.45, 2.75) is 33.1 Å². The number of amides is 1. The molecular weight excluding hydrogens is 328 g/mol. The van der Waals surface area contributed by atoms with Crippen molar-refractivity contribution in [2.24, 2.45) is 10.9 Å². The van der Waals surface area contributed by atoms with Crippen LogP contribution < -0.4 is 15.4 Å². The molecule has 0 aliphatic rings. The van der Waals surface area contributed by atoms with Crippen LogP contribution in [0.3, 0.4) is 0 Å². The minimum atomic E-state index is -0.00660. The molecular formula is C20H34N4O2. The van der Waals surface area contributed by atoms with Crippen molar-refractivity contribution < 1.29 is 9.53 Å². The molecule has 1 atom stereocenters. The summed E-state index contributed by atoms with van der Waals surface area (Å²) in [5, 5.41) is 6.66. The molecule has 146 valence electrons. The van der Waals surface area contributed by atoms with Gasteiger partial charge in [-0.2, -0.15) is 0 Å². The fourth-order valence-corrected chi connectivity index (χ4v) is 2.35.